The van der Waals surface area contributed by atoms with Gasteiger partial charge in [-0.2, -0.15) is 0 Å². The van der Waals surface area contributed by atoms with E-state index in [1.165, 1.54) is 37.5 Å². The van der Waals surface area contributed by atoms with Gasteiger partial charge in [0.05, 0.1) is 29.4 Å². The molecule has 3 aromatic carbocycles. The number of para-hydroxylation sites is 1. The molecule has 0 unspecified atom stereocenters. The minimum atomic E-state index is -0.933. The van der Waals surface area contributed by atoms with Crippen LogP contribution in [0.4, 0.5) is 16.2 Å². The Kier molecular flexibility index (Phi) is 9.38. The van der Waals surface area contributed by atoms with Crippen LogP contribution >= 0.6 is 15.9 Å². The summed E-state index contributed by atoms with van der Waals surface area (Å²) in [5.41, 5.74) is 2.01. The fourth-order valence-corrected chi connectivity index (χ4v) is 4.61. The zero-order chi connectivity index (χ0) is 30.4. The van der Waals surface area contributed by atoms with Crippen LogP contribution in [0.25, 0.3) is 6.08 Å². The highest BCUT2D eigenvalue weighted by Gasteiger charge is 2.37. The van der Waals surface area contributed by atoms with Crippen LogP contribution in [0.1, 0.15) is 28.4 Å². The second-order valence-electron chi connectivity index (χ2n) is 8.91. The van der Waals surface area contributed by atoms with Crippen LogP contribution in [0.5, 0.6) is 11.5 Å². The molecule has 0 bridgehead atoms. The van der Waals surface area contributed by atoms with E-state index in [0.29, 0.717) is 15.7 Å². The third kappa shape index (κ3) is 6.66. The molecule has 1 heterocycles. The lowest BCUT2D eigenvalue weighted by molar-refractivity contribution is -0.122. The van der Waals surface area contributed by atoms with Crippen molar-refractivity contribution in [2.24, 2.45) is 0 Å². The number of urea groups is 1. The molecule has 2 N–H and O–H groups in total. The highest BCUT2D eigenvalue weighted by molar-refractivity contribution is 9.10. The first-order valence-corrected chi connectivity index (χ1v) is 13.5. The molecule has 4 rings (SSSR count). The number of anilines is 2. The van der Waals surface area contributed by atoms with Crippen molar-refractivity contribution < 1.29 is 38.2 Å². The smallest absolute Gasteiger partial charge is 0.337 e. The number of nitrogens with zero attached hydrogens (tertiary/aromatic N) is 1. The molecular formula is C30H26BrN3O8. The predicted molar refractivity (Wildman–Crippen MR) is 157 cm³/mol. The van der Waals surface area contributed by atoms with E-state index in [1.54, 1.807) is 25.1 Å². The molecule has 11 nitrogen and oxygen atoms in total. The number of hydrogen-bond donors (Lipinski definition) is 2. The van der Waals surface area contributed by atoms with Gasteiger partial charge in [-0.25, -0.2) is 14.5 Å². The third-order valence-electron chi connectivity index (χ3n) is 6.06. The van der Waals surface area contributed by atoms with Crippen LogP contribution in [-0.2, 0) is 19.1 Å². The Morgan fingerprint density at radius 3 is 2.40 bits per heavy atom. The number of barbiturate groups is 1. The molecule has 1 fully saturated rings. The molecule has 1 aliphatic heterocycles. The zero-order valence-corrected chi connectivity index (χ0v) is 24.4. The number of methoxy groups -OCH3 is 1. The van der Waals surface area contributed by atoms with E-state index in [2.05, 4.69) is 31.3 Å². The van der Waals surface area contributed by atoms with Crippen LogP contribution in [-0.4, -0.2) is 50.0 Å². The van der Waals surface area contributed by atoms with Gasteiger partial charge in [-0.05, 0) is 89.4 Å². The summed E-state index contributed by atoms with van der Waals surface area (Å²) in [5.74, 6) is -2.19. The lowest BCUT2D eigenvalue weighted by atomic mass is 10.1. The first kappa shape index (κ1) is 30.0. The van der Waals surface area contributed by atoms with Gasteiger partial charge in [-0.1, -0.05) is 18.2 Å². The number of ether oxygens (including phenoxy) is 3. The number of hydrogen-bond acceptors (Lipinski definition) is 8. The molecule has 1 saturated heterocycles. The van der Waals surface area contributed by atoms with Gasteiger partial charge in [0.2, 0.25) is 0 Å². The largest absolute Gasteiger partial charge is 0.490 e. The van der Waals surface area contributed by atoms with Crippen molar-refractivity contribution in [3.05, 3.63) is 87.4 Å². The van der Waals surface area contributed by atoms with Gasteiger partial charge < -0.3 is 19.5 Å². The molecule has 216 valence electrons. The number of benzene rings is 3. The zero-order valence-electron chi connectivity index (χ0n) is 22.9. The van der Waals surface area contributed by atoms with E-state index in [-0.39, 0.29) is 47.4 Å². The number of aryl methyl sites for hydroxylation is 1. The molecule has 0 aromatic heterocycles. The molecule has 0 saturated carbocycles. The van der Waals surface area contributed by atoms with Crippen LogP contribution < -0.4 is 25.0 Å². The number of imide groups is 2. The average molecular weight is 636 g/mol. The second-order valence-corrected chi connectivity index (χ2v) is 9.77. The summed E-state index contributed by atoms with van der Waals surface area (Å²) in [6, 6.07) is 15.1. The number of carbonyl (C=O) groups is 5. The van der Waals surface area contributed by atoms with Crippen molar-refractivity contribution >= 4 is 63.1 Å². The predicted octanol–water partition coefficient (Wildman–Crippen LogP) is 4.63. The molecule has 0 spiro atoms. The summed E-state index contributed by atoms with van der Waals surface area (Å²) in [6.07, 6.45) is 1.31. The van der Waals surface area contributed by atoms with Crippen molar-refractivity contribution in [2.75, 3.05) is 30.5 Å². The summed E-state index contributed by atoms with van der Waals surface area (Å²) < 4.78 is 16.6. The standard InChI is InChI=1S/C30H26BrN3O8/c1-4-41-24-15-18(14-22(31)26(24)42-16-25(35)32-23-8-6-5-7-17(23)2)13-21-27(36)33-30(39)34(28(21)37)20-11-9-19(10-12-20)29(38)40-3/h5-15H,4,16H2,1-3H3,(H,32,35)(H,33,36,39)/b21-13-. The average Bonchev–Trinajstić information content (AvgIpc) is 2.96. The number of halogens is 1. The topological polar surface area (TPSA) is 140 Å². The fourth-order valence-electron chi connectivity index (χ4n) is 4.03. The van der Waals surface area contributed by atoms with Gasteiger partial charge >= 0.3 is 12.0 Å². The van der Waals surface area contributed by atoms with E-state index in [9.17, 15) is 24.0 Å². The Labute approximate surface area is 249 Å². The normalized spacial score (nSPS) is 14.0. The first-order valence-electron chi connectivity index (χ1n) is 12.7. The van der Waals surface area contributed by atoms with Crippen LogP contribution in [0, 0.1) is 6.92 Å². The summed E-state index contributed by atoms with van der Waals surface area (Å²) in [4.78, 5) is 63.6. The van der Waals surface area contributed by atoms with E-state index in [1.807, 2.05) is 25.1 Å². The molecule has 3 aromatic rings. The summed E-state index contributed by atoms with van der Waals surface area (Å²) in [6.45, 7) is 3.60. The van der Waals surface area contributed by atoms with Gasteiger partial charge in [0, 0.05) is 5.69 Å². The Bertz CT molecular complexity index is 1600. The van der Waals surface area contributed by atoms with Gasteiger partial charge in [-0.3, -0.25) is 19.7 Å². The van der Waals surface area contributed by atoms with Gasteiger partial charge in [0.15, 0.2) is 18.1 Å². The highest BCUT2D eigenvalue weighted by Crippen LogP contribution is 2.38. The van der Waals surface area contributed by atoms with E-state index in [4.69, 9.17) is 9.47 Å². The number of carbonyl (C=O) groups excluding carboxylic acids is 5. The molecule has 1 aliphatic rings. The van der Waals surface area contributed by atoms with Gasteiger partial charge in [0.25, 0.3) is 17.7 Å². The molecule has 12 heteroatoms. The maximum Gasteiger partial charge on any atom is 0.337 e. The van der Waals surface area contributed by atoms with Crippen LogP contribution in [0.3, 0.4) is 0 Å². The summed E-state index contributed by atoms with van der Waals surface area (Å²) in [5, 5.41) is 4.95. The number of nitrogens with one attached hydrogen (secondary N) is 2. The van der Waals surface area contributed by atoms with Crippen molar-refractivity contribution in [1.82, 2.24) is 5.32 Å². The summed E-state index contributed by atoms with van der Waals surface area (Å²) in [7, 11) is 1.23. The molecule has 5 amide bonds. The minimum absolute atomic E-state index is 0.146. The maximum absolute atomic E-state index is 13.3. The van der Waals surface area contributed by atoms with Crippen LogP contribution in [0.15, 0.2) is 70.7 Å². The fraction of sp³-hybridized carbons (Fsp3) is 0.167. The van der Waals surface area contributed by atoms with E-state index in [0.717, 1.165) is 10.5 Å². The quantitative estimate of drug-likeness (QED) is 0.197. The van der Waals surface area contributed by atoms with E-state index >= 15 is 0 Å². The monoisotopic (exact) mass is 635 g/mol. The highest BCUT2D eigenvalue weighted by atomic mass is 79.9. The van der Waals surface area contributed by atoms with Crippen molar-refractivity contribution in [2.45, 2.75) is 13.8 Å². The lowest BCUT2D eigenvalue weighted by Crippen LogP contribution is -2.54. The molecule has 0 radical (unpaired) electrons. The van der Waals surface area contributed by atoms with Gasteiger partial charge in [0.1, 0.15) is 5.57 Å². The summed E-state index contributed by atoms with van der Waals surface area (Å²) >= 11 is 3.42. The Morgan fingerprint density at radius 1 is 1.02 bits per heavy atom. The second kappa shape index (κ2) is 13.1. The SMILES string of the molecule is CCOc1cc(/C=C2/C(=O)NC(=O)N(c3ccc(C(=O)OC)cc3)C2=O)cc(Br)c1OCC(=O)Nc1ccccc1C. The van der Waals surface area contributed by atoms with Crippen molar-refractivity contribution in [1.29, 1.82) is 0 Å². The molecule has 42 heavy (non-hydrogen) atoms. The molecule has 0 atom stereocenters. The maximum atomic E-state index is 13.3. The molecule has 0 aliphatic carbocycles. The minimum Gasteiger partial charge on any atom is -0.490 e. The van der Waals surface area contributed by atoms with Gasteiger partial charge in [-0.15, -0.1) is 0 Å². The number of esters is 1. The Morgan fingerprint density at radius 2 is 1.74 bits per heavy atom. The van der Waals surface area contributed by atoms with E-state index < -0.39 is 23.8 Å². The molecular weight excluding hydrogens is 610 g/mol. The van der Waals surface area contributed by atoms with Crippen molar-refractivity contribution in [3.8, 4) is 11.5 Å². The first-order chi connectivity index (χ1) is 20.1. The Hall–Kier alpha value is -4.97. The van der Waals surface area contributed by atoms with Crippen molar-refractivity contribution in [3.63, 3.8) is 0 Å². The third-order valence-corrected chi connectivity index (χ3v) is 6.65. The number of rotatable bonds is 9. The lowest BCUT2D eigenvalue weighted by Gasteiger charge is -2.26. The van der Waals surface area contributed by atoms with Crippen LogP contribution in [0.2, 0.25) is 0 Å². The Balaban J connectivity index is 1.58. The number of amides is 5.